The van der Waals surface area contributed by atoms with Crippen molar-refractivity contribution in [2.75, 3.05) is 13.1 Å². The Morgan fingerprint density at radius 2 is 1.88 bits per heavy atom. The number of hydrogen-bond donors (Lipinski definition) is 1. The summed E-state index contributed by atoms with van der Waals surface area (Å²) in [5.41, 5.74) is 0.526. The monoisotopic (exact) mass is 459 g/mol. The van der Waals surface area contributed by atoms with Crippen LogP contribution in [0.2, 0.25) is 0 Å². The number of oxazole rings is 1. The molecule has 0 unspecified atom stereocenters. The number of nitrogens with zero attached hydrogens (tertiary/aromatic N) is 2. The van der Waals surface area contributed by atoms with E-state index in [9.17, 15) is 23.2 Å². The minimum atomic E-state index is -0.920. The lowest BCUT2D eigenvalue weighted by Crippen LogP contribution is -2.38. The highest BCUT2D eigenvalue weighted by molar-refractivity contribution is 7.08. The van der Waals surface area contributed by atoms with Crippen molar-refractivity contribution >= 4 is 28.9 Å². The largest absolute Gasteiger partial charge is 0.443 e. The summed E-state index contributed by atoms with van der Waals surface area (Å²) in [7, 11) is 0. The van der Waals surface area contributed by atoms with E-state index in [4.69, 9.17) is 4.42 Å². The van der Waals surface area contributed by atoms with Gasteiger partial charge in [-0.2, -0.15) is 11.3 Å². The molecule has 7 nitrogen and oxygen atoms in total. The Bertz CT molecular complexity index is 1130. The molecule has 0 bridgehead atoms. The summed E-state index contributed by atoms with van der Waals surface area (Å²) < 4.78 is 34.5. The van der Waals surface area contributed by atoms with Gasteiger partial charge < -0.3 is 14.6 Å². The third-order valence-electron chi connectivity index (χ3n) is 5.08. The van der Waals surface area contributed by atoms with Crippen molar-refractivity contribution in [3.05, 3.63) is 63.7 Å². The smallest absolute Gasteiger partial charge is 0.275 e. The van der Waals surface area contributed by atoms with Crippen LogP contribution >= 0.6 is 11.3 Å². The standard InChI is InChI=1S/C22H19F2N3O4S/c23-16-7-14(10-25-19(29)9-13-3-6-32-12-13)8-17(24)20(16)21-26-18(11-31-21)22(30)27-4-1-15(28)2-5-27/h3,6-8,11-12H,1-2,4-5,9-10H2,(H,25,29). The first-order valence-corrected chi connectivity index (χ1v) is 10.9. The van der Waals surface area contributed by atoms with E-state index in [2.05, 4.69) is 10.3 Å². The highest BCUT2D eigenvalue weighted by atomic mass is 32.1. The van der Waals surface area contributed by atoms with Gasteiger partial charge in [-0.25, -0.2) is 13.8 Å². The van der Waals surface area contributed by atoms with Crippen LogP contribution in [-0.4, -0.2) is 40.6 Å². The lowest BCUT2D eigenvalue weighted by atomic mass is 10.1. The molecule has 1 fully saturated rings. The number of benzene rings is 1. The number of piperidine rings is 1. The molecule has 0 atom stereocenters. The molecule has 166 valence electrons. The number of nitrogens with one attached hydrogen (secondary N) is 1. The van der Waals surface area contributed by atoms with Crippen LogP contribution in [0.15, 0.2) is 39.6 Å². The van der Waals surface area contributed by atoms with Crippen molar-refractivity contribution in [2.24, 2.45) is 0 Å². The number of rotatable bonds is 6. The number of aromatic nitrogens is 1. The highest BCUT2D eigenvalue weighted by Crippen LogP contribution is 2.27. The second kappa shape index (κ2) is 9.39. The third-order valence-corrected chi connectivity index (χ3v) is 5.81. The maximum absolute atomic E-state index is 14.7. The van der Waals surface area contributed by atoms with Gasteiger partial charge in [0.15, 0.2) is 5.69 Å². The first-order chi connectivity index (χ1) is 15.4. The van der Waals surface area contributed by atoms with Crippen LogP contribution in [0.25, 0.3) is 11.5 Å². The number of thiophene rings is 1. The van der Waals surface area contributed by atoms with E-state index in [1.807, 2.05) is 16.8 Å². The second-order valence-electron chi connectivity index (χ2n) is 7.39. The van der Waals surface area contributed by atoms with Crippen LogP contribution in [0, 0.1) is 11.6 Å². The van der Waals surface area contributed by atoms with Crippen molar-refractivity contribution in [1.29, 1.82) is 0 Å². The van der Waals surface area contributed by atoms with E-state index in [1.165, 1.54) is 16.2 Å². The Morgan fingerprint density at radius 1 is 1.16 bits per heavy atom. The molecule has 0 aliphatic carbocycles. The number of ketones is 1. The summed E-state index contributed by atoms with van der Waals surface area (Å²) >= 11 is 1.48. The van der Waals surface area contributed by atoms with Gasteiger partial charge in [0.2, 0.25) is 11.8 Å². The number of hydrogen-bond acceptors (Lipinski definition) is 6. The van der Waals surface area contributed by atoms with Crippen molar-refractivity contribution in [3.63, 3.8) is 0 Å². The maximum atomic E-state index is 14.7. The molecular weight excluding hydrogens is 440 g/mol. The van der Waals surface area contributed by atoms with E-state index in [0.29, 0.717) is 0 Å². The zero-order valence-corrected chi connectivity index (χ0v) is 17.7. The Morgan fingerprint density at radius 3 is 2.53 bits per heavy atom. The highest BCUT2D eigenvalue weighted by Gasteiger charge is 2.26. The van der Waals surface area contributed by atoms with Crippen LogP contribution in [0.3, 0.4) is 0 Å². The Balaban J connectivity index is 1.43. The fourth-order valence-corrected chi connectivity index (χ4v) is 4.05. The Labute approximate surface area is 186 Å². The summed E-state index contributed by atoms with van der Waals surface area (Å²) in [6, 6.07) is 4.01. The van der Waals surface area contributed by atoms with Gasteiger partial charge in [-0.05, 0) is 40.1 Å². The summed E-state index contributed by atoms with van der Waals surface area (Å²) in [4.78, 5) is 41.2. The van der Waals surface area contributed by atoms with Gasteiger partial charge in [0.1, 0.15) is 29.2 Å². The van der Waals surface area contributed by atoms with Gasteiger partial charge in [0, 0.05) is 32.5 Å². The van der Waals surface area contributed by atoms with Gasteiger partial charge in [-0.15, -0.1) is 0 Å². The zero-order valence-electron chi connectivity index (χ0n) is 16.9. The first kappa shape index (κ1) is 21.8. The quantitative estimate of drug-likeness (QED) is 0.610. The number of Topliss-reactive ketones (excluding diaryl/α,β-unsaturated/α-hetero) is 1. The Hall–Kier alpha value is -3.40. The summed E-state index contributed by atoms with van der Waals surface area (Å²) in [5.74, 6) is -2.83. The topological polar surface area (TPSA) is 92.5 Å². The summed E-state index contributed by atoms with van der Waals surface area (Å²) in [5, 5.41) is 6.35. The van der Waals surface area contributed by atoms with Gasteiger partial charge in [-0.1, -0.05) is 0 Å². The molecule has 1 saturated heterocycles. The Kier molecular flexibility index (Phi) is 6.40. The normalized spacial score (nSPS) is 13.9. The van der Waals surface area contributed by atoms with Gasteiger partial charge in [0.25, 0.3) is 5.91 Å². The van der Waals surface area contributed by atoms with E-state index < -0.39 is 23.1 Å². The number of carbonyl (C=O) groups is 3. The molecule has 4 rings (SSSR count). The van der Waals surface area contributed by atoms with Crippen LogP contribution in [0.1, 0.15) is 34.5 Å². The maximum Gasteiger partial charge on any atom is 0.275 e. The third kappa shape index (κ3) is 4.91. The van der Waals surface area contributed by atoms with Crippen molar-refractivity contribution in [3.8, 4) is 11.5 Å². The first-order valence-electron chi connectivity index (χ1n) is 9.93. The van der Waals surface area contributed by atoms with Gasteiger partial charge in [-0.3, -0.25) is 14.4 Å². The van der Waals surface area contributed by atoms with Gasteiger partial charge >= 0.3 is 0 Å². The number of likely N-dealkylation sites (tertiary alicyclic amines) is 1. The average Bonchev–Trinajstić information content (AvgIpc) is 3.44. The zero-order chi connectivity index (χ0) is 22.7. The molecule has 1 aromatic carbocycles. The van der Waals surface area contributed by atoms with Crippen molar-refractivity contribution < 1.29 is 27.6 Å². The molecule has 0 radical (unpaired) electrons. The number of amides is 2. The summed E-state index contributed by atoms with van der Waals surface area (Å²) in [6.45, 7) is 0.505. The molecule has 3 aromatic rings. The molecule has 1 aliphatic heterocycles. The number of carbonyl (C=O) groups excluding carboxylic acids is 3. The molecule has 2 amide bonds. The second-order valence-corrected chi connectivity index (χ2v) is 8.17. The van der Waals surface area contributed by atoms with Gasteiger partial charge in [0.05, 0.1) is 6.42 Å². The fourth-order valence-electron chi connectivity index (χ4n) is 3.38. The molecule has 2 aromatic heterocycles. The average molecular weight is 459 g/mol. The molecule has 1 N–H and O–H groups in total. The molecule has 1 aliphatic rings. The molecule has 0 saturated carbocycles. The van der Waals surface area contributed by atoms with E-state index in [1.54, 1.807) is 0 Å². The van der Waals surface area contributed by atoms with Crippen LogP contribution in [0.4, 0.5) is 8.78 Å². The van der Waals surface area contributed by atoms with Crippen LogP contribution in [0.5, 0.6) is 0 Å². The van der Waals surface area contributed by atoms with Crippen LogP contribution in [-0.2, 0) is 22.6 Å². The van der Waals surface area contributed by atoms with E-state index in [0.717, 1.165) is 24.0 Å². The lowest BCUT2D eigenvalue weighted by Gasteiger charge is -2.24. The minimum Gasteiger partial charge on any atom is -0.443 e. The fraction of sp³-hybridized carbons (Fsp3) is 0.273. The SMILES string of the molecule is O=C1CCN(C(=O)c2coc(-c3c(F)cc(CNC(=O)Cc4ccsc4)cc3F)n2)CC1. The van der Waals surface area contributed by atoms with E-state index >= 15 is 0 Å². The van der Waals surface area contributed by atoms with Crippen LogP contribution < -0.4 is 5.32 Å². The summed E-state index contributed by atoms with van der Waals surface area (Å²) in [6.07, 6.45) is 1.77. The molecule has 0 spiro atoms. The number of halogens is 2. The predicted molar refractivity (Wildman–Crippen MR) is 112 cm³/mol. The van der Waals surface area contributed by atoms with E-state index in [-0.39, 0.29) is 67.7 Å². The minimum absolute atomic E-state index is 0.0416. The van der Waals surface area contributed by atoms with Crippen molar-refractivity contribution in [2.45, 2.75) is 25.8 Å². The van der Waals surface area contributed by atoms with Crippen molar-refractivity contribution in [1.82, 2.24) is 15.2 Å². The lowest BCUT2D eigenvalue weighted by molar-refractivity contribution is -0.121. The molecular formula is C22H19F2N3O4S. The molecule has 3 heterocycles. The molecule has 32 heavy (non-hydrogen) atoms. The predicted octanol–water partition coefficient (Wildman–Crippen LogP) is 3.35. The molecule has 10 heteroatoms.